The van der Waals surface area contributed by atoms with Crippen molar-refractivity contribution in [2.45, 2.75) is 12.6 Å². The molecule has 1 atom stereocenters. The van der Waals surface area contributed by atoms with Crippen LogP contribution in [0, 0.1) is 15.9 Å². The lowest BCUT2D eigenvalue weighted by Crippen LogP contribution is -2.32. The zero-order valence-corrected chi connectivity index (χ0v) is 19.0. The van der Waals surface area contributed by atoms with Crippen LogP contribution in [-0.4, -0.2) is 48.3 Å². The summed E-state index contributed by atoms with van der Waals surface area (Å²) in [6.45, 7) is 0.722. The number of methoxy groups -OCH3 is 1. The fourth-order valence-electron chi connectivity index (χ4n) is 3.34. The van der Waals surface area contributed by atoms with Crippen LogP contribution in [0.1, 0.15) is 5.56 Å². The van der Waals surface area contributed by atoms with Gasteiger partial charge in [-0.25, -0.2) is 4.39 Å². The first-order valence-corrected chi connectivity index (χ1v) is 10.5. The molecule has 3 aromatic rings. The van der Waals surface area contributed by atoms with Crippen molar-refractivity contribution in [2.75, 3.05) is 27.3 Å². The molecule has 3 aromatic carbocycles. The molecule has 0 saturated heterocycles. The number of hydrogen-bond donors (Lipinski definition) is 1. The molecule has 0 aliphatic heterocycles. The molecule has 0 amide bonds. The SMILES string of the molecule is COc1ccc(Cl)c(-c2ccc(CN(C)CC(O)COc3ccc([N+](=O)[O-])cc3F)cc2)c1. The Morgan fingerprint density at radius 2 is 1.88 bits per heavy atom. The molecule has 0 saturated carbocycles. The normalized spacial score (nSPS) is 11.9. The van der Waals surface area contributed by atoms with Crippen LogP contribution in [-0.2, 0) is 6.54 Å². The second-order valence-corrected chi connectivity index (χ2v) is 7.98. The molecule has 9 heteroatoms. The molecule has 0 spiro atoms. The molecule has 0 heterocycles. The molecule has 1 N–H and O–H groups in total. The van der Waals surface area contributed by atoms with Crippen molar-refractivity contribution in [3.8, 4) is 22.6 Å². The van der Waals surface area contributed by atoms with Crippen LogP contribution in [0.25, 0.3) is 11.1 Å². The number of non-ortho nitro benzene ring substituents is 1. The molecule has 0 aliphatic rings. The van der Waals surface area contributed by atoms with E-state index >= 15 is 0 Å². The van der Waals surface area contributed by atoms with E-state index in [1.807, 2.05) is 42.3 Å². The summed E-state index contributed by atoms with van der Waals surface area (Å²) < 4.78 is 24.4. The lowest BCUT2D eigenvalue weighted by molar-refractivity contribution is -0.385. The van der Waals surface area contributed by atoms with Gasteiger partial charge in [0.05, 0.1) is 18.1 Å². The number of nitrogens with zero attached hydrogens (tertiary/aromatic N) is 2. The smallest absolute Gasteiger partial charge is 0.272 e. The third kappa shape index (κ3) is 6.64. The molecule has 0 aliphatic carbocycles. The van der Waals surface area contributed by atoms with E-state index < -0.39 is 16.8 Å². The van der Waals surface area contributed by atoms with Crippen LogP contribution in [0.4, 0.5) is 10.1 Å². The van der Waals surface area contributed by atoms with Gasteiger partial charge in [-0.05, 0) is 42.4 Å². The molecule has 0 bridgehead atoms. The molecule has 174 valence electrons. The van der Waals surface area contributed by atoms with Crippen molar-refractivity contribution < 1.29 is 23.9 Å². The standard InChI is InChI=1S/C24H24ClFN2O5/c1-27(14-19(29)15-33-24-10-7-18(28(30)31)11-23(24)26)13-16-3-5-17(6-4-16)21-12-20(32-2)8-9-22(21)25/h3-12,19,29H,13-15H2,1-2H3. The minimum absolute atomic E-state index is 0.144. The topological polar surface area (TPSA) is 85.1 Å². The molecule has 7 nitrogen and oxygen atoms in total. The van der Waals surface area contributed by atoms with Crippen molar-refractivity contribution in [3.05, 3.63) is 87.2 Å². The lowest BCUT2D eigenvalue weighted by atomic mass is 10.0. The minimum Gasteiger partial charge on any atom is -0.497 e. The average Bonchev–Trinajstić information content (AvgIpc) is 2.79. The monoisotopic (exact) mass is 474 g/mol. The predicted molar refractivity (Wildman–Crippen MR) is 124 cm³/mol. The number of rotatable bonds is 10. The second kappa shape index (κ2) is 11.1. The maximum Gasteiger partial charge on any atom is 0.272 e. The van der Waals surface area contributed by atoms with Crippen molar-refractivity contribution in [1.29, 1.82) is 0 Å². The van der Waals surface area contributed by atoms with Crippen molar-refractivity contribution in [1.82, 2.24) is 4.90 Å². The molecule has 0 fully saturated rings. The van der Waals surface area contributed by atoms with Crippen LogP contribution in [0.3, 0.4) is 0 Å². The van der Waals surface area contributed by atoms with Gasteiger partial charge in [-0.3, -0.25) is 15.0 Å². The quantitative estimate of drug-likeness (QED) is 0.331. The van der Waals surface area contributed by atoms with Gasteiger partial charge >= 0.3 is 0 Å². The van der Waals surface area contributed by atoms with Gasteiger partial charge in [0, 0.05) is 29.7 Å². The van der Waals surface area contributed by atoms with Gasteiger partial charge in [0.2, 0.25) is 0 Å². The summed E-state index contributed by atoms with van der Waals surface area (Å²) in [6, 6.07) is 16.5. The summed E-state index contributed by atoms with van der Waals surface area (Å²) in [5.41, 5.74) is 2.51. The number of benzene rings is 3. The van der Waals surface area contributed by atoms with Crippen LogP contribution < -0.4 is 9.47 Å². The third-order valence-electron chi connectivity index (χ3n) is 4.97. The summed E-state index contributed by atoms with van der Waals surface area (Å²) in [4.78, 5) is 11.9. The number of ether oxygens (including phenoxy) is 2. The van der Waals surface area contributed by atoms with Crippen LogP contribution in [0.2, 0.25) is 5.02 Å². The van der Waals surface area contributed by atoms with Gasteiger partial charge in [-0.2, -0.15) is 0 Å². The third-order valence-corrected chi connectivity index (χ3v) is 5.30. The van der Waals surface area contributed by atoms with Crippen LogP contribution >= 0.6 is 11.6 Å². The fraction of sp³-hybridized carbons (Fsp3) is 0.250. The largest absolute Gasteiger partial charge is 0.497 e. The van der Waals surface area contributed by atoms with E-state index in [9.17, 15) is 19.6 Å². The highest BCUT2D eigenvalue weighted by Crippen LogP contribution is 2.31. The Balaban J connectivity index is 1.53. The van der Waals surface area contributed by atoms with Crippen molar-refractivity contribution in [3.63, 3.8) is 0 Å². The molecule has 3 rings (SSSR count). The number of aliphatic hydroxyl groups is 1. The van der Waals surface area contributed by atoms with E-state index in [0.29, 0.717) is 11.6 Å². The van der Waals surface area contributed by atoms with Crippen molar-refractivity contribution >= 4 is 17.3 Å². The van der Waals surface area contributed by atoms with Crippen molar-refractivity contribution in [2.24, 2.45) is 0 Å². The Labute approximate surface area is 196 Å². The summed E-state index contributed by atoms with van der Waals surface area (Å²) >= 11 is 6.32. The zero-order chi connectivity index (χ0) is 24.0. The molecule has 1 unspecified atom stereocenters. The van der Waals surface area contributed by atoms with E-state index in [1.165, 1.54) is 6.07 Å². The Bertz CT molecular complexity index is 1110. The predicted octanol–water partition coefficient (Wildman–Crippen LogP) is 4.93. The molecule has 0 radical (unpaired) electrons. The highest BCUT2D eigenvalue weighted by atomic mass is 35.5. The maximum absolute atomic E-state index is 13.9. The van der Waals surface area contributed by atoms with Gasteiger partial charge in [0.1, 0.15) is 18.5 Å². The summed E-state index contributed by atoms with van der Waals surface area (Å²) in [6.07, 6.45) is -0.876. The summed E-state index contributed by atoms with van der Waals surface area (Å²) in [7, 11) is 3.45. The lowest BCUT2D eigenvalue weighted by Gasteiger charge is -2.21. The van der Waals surface area contributed by atoms with Crippen LogP contribution in [0.5, 0.6) is 11.5 Å². The Morgan fingerprint density at radius 3 is 2.52 bits per heavy atom. The maximum atomic E-state index is 13.9. The molecule has 0 aromatic heterocycles. The summed E-state index contributed by atoms with van der Waals surface area (Å²) in [5, 5.41) is 21.5. The minimum atomic E-state index is -0.876. The molecular weight excluding hydrogens is 451 g/mol. The number of nitro benzene ring substituents is 1. The number of nitro groups is 1. The number of hydrogen-bond acceptors (Lipinski definition) is 6. The van der Waals surface area contributed by atoms with Gasteiger partial charge in [-0.1, -0.05) is 35.9 Å². The van der Waals surface area contributed by atoms with E-state index in [-0.39, 0.29) is 24.6 Å². The zero-order valence-electron chi connectivity index (χ0n) is 18.2. The second-order valence-electron chi connectivity index (χ2n) is 7.58. The van der Waals surface area contributed by atoms with Gasteiger partial charge in [-0.15, -0.1) is 0 Å². The Hall–Kier alpha value is -3.20. The fourth-order valence-corrected chi connectivity index (χ4v) is 3.56. The van der Waals surface area contributed by atoms with Crippen LogP contribution in [0.15, 0.2) is 60.7 Å². The first-order chi connectivity index (χ1) is 15.8. The van der Waals surface area contributed by atoms with Gasteiger partial charge < -0.3 is 14.6 Å². The van der Waals surface area contributed by atoms with Gasteiger partial charge in [0.25, 0.3) is 5.69 Å². The van der Waals surface area contributed by atoms with Gasteiger partial charge in [0.15, 0.2) is 11.6 Å². The highest BCUT2D eigenvalue weighted by Gasteiger charge is 2.15. The number of likely N-dealkylation sites (N-methyl/N-ethyl adjacent to an activating group) is 1. The Morgan fingerprint density at radius 1 is 1.15 bits per heavy atom. The van der Waals surface area contributed by atoms with E-state index in [0.717, 1.165) is 34.6 Å². The van der Waals surface area contributed by atoms with E-state index in [2.05, 4.69) is 0 Å². The number of aliphatic hydroxyl groups excluding tert-OH is 1. The summed E-state index contributed by atoms with van der Waals surface area (Å²) in [5.74, 6) is -0.266. The van der Waals surface area contributed by atoms with E-state index in [4.69, 9.17) is 21.1 Å². The number of halogens is 2. The average molecular weight is 475 g/mol. The first-order valence-electron chi connectivity index (χ1n) is 10.1. The Kier molecular flexibility index (Phi) is 8.21. The molecule has 33 heavy (non-hydrogen) atoms. The van der Waals surface area contributed by atoms with E-state index in [1.54, 1.807) is 19.2 Å². The highest BCUT2D eigenvalue weighted by molar-refractivity contribution is 6.33. The first kappa shape index (κ1) is 24.4. The molecular formula is C24H24ClFN2O5.